The molecule has 0 saturated heterocycles. The lowest BCUT2D eigenvalue weighted by molar-refractivity contribution is -0.161. The first-order chi connectivity index (χ1) is 35.8. The van der Waals surface area contributed by atoms with Crippen LogP contribution in [0.5, 0.6) is 0 Å². The molecule has 0 fully saturated rings. The van der Waals surface area contributed by atoms with E-state index in [2.05, 4.69) is 98.9 Å². The third kappa shape index (κ3) is 58.3. The third-order valence-electron chi connectivity index (χ3n) is 12.8. The van der Waals surface area contributed by atoms with E-state index in [4.69, 9.17) is 24.3 Å². The van der Waals surface area contributed by atoms with Gasteiger partial charge in [-0.05, 0) is 89.9 Å². The molecule has 0 aliphatic rings. The van der Waals surface area contributed by atoms with Gasteiger partial charge in [-0.15, -0.1) is 0 Å². The fraction of sp³-hybridized carbons (Fsp3) is 0.746. The van der Waals surface area contributed by atoms with Gasteiger partial charge in [0.15, 0.2) is 6.10 Å². The second-order valence-corrected chi connectivity index (χ2v) is 21.3. The first kappa shape index (κ1) is 70.2. The summed E-state index contributed by atoms with van der Waals surface area (Å²) in [7, 11) is -4.39. The maximum atomic E-state index is 12.7. The van der Waals surface area contributed by atoms with E-state index in [1.807, 2.05) is 0 Å². The molecule has 3 N–H and O–H groups in total. The van der Waals surface area contributed by atoms with Gasteiger partial charge in [-0.25, -0.2) is 4.57 Å². The smallest absolute Gasteiger partial charge is 0.462 e. The van der Waals surface area contributed by atoms with Crippen LogP contribution in [-0.4, -0.2) is 49.3 Å². The molecule has 0 aliphatic heterocycles. The largest absolute Gasteiger partial charge is 0.472 e. The molecule has 0 heterocycles. The highest BCUT2D eigenvalue weighted by atomic mass is 31.2. The summed E-state index contributed by atoms with van der Waals surface area (Å²) in [6, 6.07) is 0. The Morgan fingerprint density at radius 2 is 0.753 bits per heavy atom. The number of phosphoric acid groups is 1. The number of nitrogens with two attached hydrogens (primary N) is 1. The van der Waals surface area contributed by atoms with Crippen LogP contribution in [0.25, 0.3) is 0 Å². The molecular formula is C63H112NO8P. The molecule has 0 rings (SSSR count). The summed E-state index contributed by atoms with van der Waals surface area (Å²) in [5.41, 5.74) is 5.39. The van der Waals surface area contributed by atoms with Crippen molar-refractivity contribution in [3.8, 4) is 0 Å². The summed E-state index contributed by atoms with van der Waals surface area (Å²) < 4.78 is 33.1. The summed E-state index contributed by atoms with van der Waals surface area (Å²) >= 11 is 0. The minimum atomic E-state index is -4.39. The second-order valence-electron chi connectivity index (χ2n) is 19.8. The highest BCUT2D eigenvalue weighted by Gasteiger charge is 2.26. The number of phosphoric ester groups is 1. The minimum absolute atomic E-state index is 0.0500. The van der Waals surface area contributed by atoms with Crippen molar-refractivity contribution in [3.63, 3.8) is 0 Å². The third-order valence-corrected chi connectivity index (χ3v) is 13.7. The van der Waals surface area contributed by atoms with Crippen molar-refractivity contribution in [1.29, 1.82) is 0 Å². The molecule has 0 spiro atoms. The van der Waals surface area contributed by atoms with Crippen LogP contribution >= 0.6 is 7.82 Å². The number of rotatable bonds is 56. The number of carbonyl (C=O) groups is 2. The van der Waals surface area contributed by atoms with E-state index in [1.165, 1.54) is 161 Å². The van der Waals surface area contributed by atoms with Gasteiger partial charge in [0, 0.05) is 19.4 Å². The average Bonchev–Trinajstić information content (AvgIpc) is 3.38. The highest BCUT2D eigenvalue weighted by molar-refractivity contribution is 7.47. The van der Waals surface area contributed by atoms with Gasteiger partial charge in [0.1, 0.15) is 6.61 Å². The summed E-state index contributed by atoms with van der Waals surface area (Å²) in [4.78, 5) is 35.2. The molecule has 0 aliphatic carbocycles. The van der Waals surface area contributed by atoms with Gasteiger partial charge in [-0.3, -0.25) is 18.6 Å². The molecule has 73 heavy (non-hydrogen) atoms. The minimum Gasteiger partial charge on any atom is -0.462 e. The predicted octanol–water partition coefficient (Wildman–Crippen LogP) is 19.1. The van der Waals surface area contributed by atoms with Gasteiger partial charge in [0.2, 0.25) is 0 Å². The van der Waals surface area contributed by atoms with Gasteiger partial charge in [0.05, 0.1) is 13.2 Å². The van der Waals surface area contributed by atoms with Gasteiger partial charge < -0.3 is 20.1 Å². The fourth-order valence-corrected chi connectivity index (χ4v) is 9.11. The van der Waals surface area contributed by atoms with E-state index in [9.17, 15) is 19.0 Å². The van der Waals surface area contributed by atoms with Gasteiger partial charge in [0.25, 0.3) is 0 Å². The topological polar surface area (TPSA) is 134 Å². The van der Waals surface area contributed by atoms with Crippen molar-refractivity contribution >= 4 is 19.8 Å². The van der Waals surface area contributed by atoms with Gasteiger partial charge in [-0.1, -0.05) is 253 Å². The zero-order valence-electron chi connectivity index (χ0n) is 47.1. The van der Waals surface area contributed by atoms with Crippen LogP contribution in [0, 0.1) is 0 Å². The molecule has 0 saturated carbocycles. The molecular weight excluding hydrogens is 930 g/mol. The normalized spacial score (nSPS) is 13.6. The van der Waals surface area contributed by atoms with E-state index < -0.39 is 26.5 Å². The van der Waals surface area contributed by atoms with Crippen molar-refractivity contribution in [2.24, 2.45) is 5.73 Å². The van der Waals surface area contributed by atoms with Crippen LogP contribution in [0.2, 0.25) is 0 Å². The summed E-state index contributed by atoms with van der Waals surface area (Å²) in [5.74, 6) is -0.828. The van der Waals surface area contributed by atoms with E-state index in [0.717, 1.165) is 77.0 Å². The SMILES string of the molecule is CC/C=C\C/C=C\C/C=C\C/C=C\CCCCCCCCCCCCCCC(=O)OC(COC(=O)CCCCCCCCCCCCCC/C=C\C/C=C\C/C=C\CCCCCCC)COP(=O)(O)OCCN. The van der Waals surface area contributed by atoms with Crippen LogP contribution in [0.4, 0.5) is 0 Å². The maximum Gasteiger partial charge on any atom is 0.472 e. The fourth-order valence-electron chi connectivity index (χ4n) is 8.34. The van der Waals surface area contributed by atoms with Gasteiger partial charge in [-0.2, -0.15) is 0 Å². The lowest BCUT2D eigenvalue weighted by Gasteiger charge is -2.19. The molecule has 10 heteroatoms. The number of ether oxygens (including phenoxy) is 2. The van der Waals surface area contributed by atoms with E-state index in [1.54, 1.807) is 0 Å². The van der Waals surface area contributed by atoms with Crippen LogP contribution < -0.4 is 5.73 Å². The van der Waals surface area contributed by atoms with E-state index in [0.29, 0.717) is 6.42 Å². The number of hydrogen-bond donors (Lipinski definition) is 2. The molecule has 2 atom stereocenters. The summed E-state index contributed by atoms with van der Waals surface area (Å²) in [5, 5.41) is 0. The Kier molecular flexibility index (Phi) is 56.2. The average molecular weight is 1040 g/mol. The molecule has 0 aromatic heterocycles. The van der Waals surface area contributed by atoms with Crippen molar-refractivity contribution < 1.29 is 37.6 Å². The molecule has 0 aromatic carbocycles. The van der Waals surface area contributed by atoms with Crippen molar-refractivity contribution in [1.82, 2.24) is 0 Å². The quantitative estimate of drug-likeness (QED) is 0.0264. The highest BCUT2D eigenvalue weighted by Crippen LogP contribution is 2.43. The Morgan fingerprint density at radius 1 is 0.425 bits per heavy atom. The van der Waals surface area contributed by atoms with Crippen LogP contribution in [0.1, 0.15) is 271 Å². The summed E-state index contributed by atoms with van der Waals surface area (Å²) in [6.45, 7) is 3.64. The maximum absolute atomic E-state index is 12.7. The molecule has 0 amide bonds. The molecule has 0 bridgehead atoms. The van der Waals surface area contributed by atoms with Crippen molar-refractivity contribution in [2.75, 3.05) is 26.4 Å². The molecule has 0 aromatic rings. The molecule has 9 nitrogen and oxygen atoms in total. The molecule has 2 unspecified atom stereocenters. The van der Waals surface area contributed by atoms with Crippen molar-refractivity contribution in [2.45, 2.75) is 277 Å². The van der Waals surface area contributed by atoms with Crippen LogP contribution in [0.3, 0.4) is 0 Å². The first-order valence-corrected chi connectivity index (χ1v) is 31.6. The van der Waals surface area contributed by atoms with Crippen LogP contribution in [0.15, 0.2) is 85.1 Å². The zero-order valence-corrected chi connectivity index (χ0v) is 48.0. The Morgan fingerprint density at radius 3 is 1.12 bits per heavy atom. The number of unbranched alkanes of at least 4 members (excludes halogenated alkanes) is 29. The predicted molar refractivity (Wildman–Crippen MR) is 312 cm³/mol. The second kappa shape index (κ2) is 58.5. The first-order valence-electron chi connectivity index (χ1n) is 30.1. The Hall–Kier alpha value is -2.81. The van der Waals surface area contributed by atoms with Crippen LogP contribution in [-0.2, 0) is 32.7 Å². The molecule has 0 radical (unpaired) electrons. The Bertz CT molecular complexity index is 1470. The molecule has 422 valence electrons. The van der Waals surface area contributed by atoms with Gasteiger partial charge >= 0.3 is 19.8 Å². The Labute approximate surface area is 449 Å². The number of carbonyl (C=O) groups excluding carboxylic acids is 2. The standard InChI is InChI=1S/C63H112NO8P/c1-3-5-7-9-11-13-15-17-19-21-23-25-27-29-30-32-33-35-37-39-41-43-45-47-49-51-53-55-62(65)69-59-61(60-71-73(67,68)70-58-57-64)72-63(66)56-54-52-50-48-46-44-42-40-38-36-34-31-28-26-24-22-20-18-16-14-12-10-8-6-4-2/h6,8,12,14-15,17-18,20-21,23-24,26-27,29,61H,3-5,7,9-11,13,16,19,22,25,28,30-60,64H2,1-2H3,(H,67,68)/b8-6-,14-12-,17-15-,20-18-,23-21-,26-24-,29-27-. The summed E-state index contributed by atoms with van der Waals surface area (Å²) in [6.07, 6.45) is 76.4. The zero-order chi connectivity index (χ0) is 53.1. The monoisotopic (exact) mass is 1040 g/mol. The number of esters is 2. The van der Waals surface area contributed by atoms with E-state index >= 15 is 0 Å². The Balaban J connectivity index is 3.97. The number of hydrogen-bond acceptors (Lipinski definition) is 8. The van der Waals surface area contributed by atoms with E-state index in [-0.39, 0.29) is 38.6 Å². The van der Waals surface area contributed by atoms with Crippen molar-refractivity contribution in [3.05, 3.63) is 85.1 Å². The lowest BCUT2D eigenvalue weighted by atomic mass is 10.0. The lowest BCUT2D eigenvalue weighted by Crippen LogP contribution is -2.29. The number of allylic oxidation sites excluding steroid dienone is 14.